The zero-order valence-corrected chi connectivity index (χ0v) is 15.6. The minimum Gasteiger partial charge on any atom is -0.372 e. The van der Waals surface area contributed by atoms with Gasteiger partial charge in [-0.15, -0.1) is 0 Å². The fourth-order valence-electron chi connectivity index (χ4n) is 3.02. The first-order valence-electron chi connectivity index (χ1n) is 8.91. The molecule has 0 saturated carbocycles. The van der Waals surface area contributed by atoms with E-state index >= 15 is 0 Å². The number of aryl methyl sites for hydroxylation is 1. The fraction of sp³-hybridized carbons (Fsp3) is 0.667. The van der Waals surface area contributed by atoms with Gasteiger partial charge >= 0.3 is 0 Å². The van der Waals surface area contributed by atoms with Crippen LogP contribution >= 0.6 is 0 Å². The summed E-state index contributed by atoms with van der Waals surface area (Å²) in [5.41, 5.74) is 1.09. The molecular weight excluding hydrogens is 320 g/mol. The number of nitrogens with zero attached hydrogens (tertiary/aromatic N) is 4. The molecule has 7 nitrogen and oxygen atoms in total. The maximum atomic E-state index is 12.6. The molecule has 138 valence electrons. The largest absolute Gasteiger partial charge is 0.372 e. The van der Waals surface area contributed by atoms with Gasteiger partial charge in [-0.05, 0) is 27.2 Å². The zero-order valence-electron chi connectivity index (χ0n) is 15.6. The van der Waals surface area contributed by atoms with Crippen molar-refractivity contribution in [3.8, 4) is 0 Å². The SMILES string of the molecule is CCCN(CCC(=O)N1C[C@H](C)O[C@@H](C)C1)C(=O)c1cnc(C)cn1. The molecule has 0 bridgehead atoms. The predicted octanol–water partition coefficient (Wildman–Crippen LogP) is 1.66. The highest BCUT2D eigenvalue weighted by atomic mass is 16.5. The Morgan fingerprint density at radius 1 is 1.20 bits per heavy atom. The average Bonchev–Trinajstić information content (AvgIpc) is 2.57. The molecule has 0 unspecified atom stereocenters. The van der Waals surface area contributed by atoms with Crippen molar-refractivity contribution in [1.82, 2.24) is 19.8 Å². The first-order valence-corrected chi connectivity index (χ1v) is 8.91. The minimum atomic E-state index is -0.175. The summed E-state index contributed by atoms with van der Waals surface area (Å²) in [6, 6.07) is 0. The Morgan fingerprint density at radius 2 is 1.88 bits per heavy atom. The Bertz CT molecular complexity index is 580. The highest BCUT2D eigenvalue weighted by Gasteiger charge is 2.26. The van der Waals surface area contributed by atoms with Gasteiger partial charge in [0.25, 0.3) is 5.91 Å². The summed E-state index contributed by atoms with van der Waals surface area (Å²) in [6.45, 7) is 9.97. The van der Waals surface area contributed by atoms with Crippen molar-refractivity contribution in [3.05, 3.63) is 23.8 Å². The zero-order chi connectivity index (χ0) is 18.4. The molecule has 1 aliphatic rings. The number of hydrogen-bond acceptors (Lipinski definition) is 5. The first-order chi connectivity index (χ1) is 11.9. The van der Waals surface area contributed by atoms with E-state index in [1.165, 1.54) is 6.20 Å². The number of carbonyl (C=O) groups is 2. The van der Waals surface area contributed by atoms with Crippen LogP contribution < -0.4 is 0 Å². The normalized spacial score (nSPS) is 20.4. The number of hydrogen-bond donors (Lipinski definition) is 0. The van der Waals surface area contributed by atoms with Gasteiger partial charge < -0.3 is 14.5 Å². The lowest BCUT2D eigenvalue weighted by Crippen LogP contribution is -2.49. The Labute approximate surface area is 149 Å². The molecule has 2 amide bonds. The van der Waals surface area contributed by atoms with Crippen molar-refractivity contribution < 1.29 is 14.3 Å². The van der Waals surface area contributed by atoms with Crippen LogP contribution in [-0.4, -0.2) is 70.0 Å². The van der Waals surface area contributed by atoms with E-state index in [0.717, 1.165) is 12.1 Å². The number of amides is 2. The molecule has 0 aliphatic carbocycles. The quantitative estimate of drug-likeness (QED) is 0.781. The van der Waals surface area contributed by atoms with E-state index in [1.54, 1.807) is 11.1 Å². The summed E-state index contributed by atoms with van der Waals surface area (Å²) in [5, 5.41) is 0. The Kier molecular flexibility index (Phi) is 6.87. The Hall–Kier alpha value is -2.02. The summed E-state index contributed by atoms with van der Waals surface area (Å²) in [6.07, 6.45) is 4.30. The molecule has 1 aromatic rings. The second-order valence-electron chi connectivity index (χ2n) is 6.64. The first kappa shape index (κ1) is 19.3. The van der Waals surface area contributed by atoms with E-state index in [-0.39, 0.29) is 24.0 Å². The lowest BCUT2D eigenvalue weighted by Gasteiger charge is -2.35. The lowest BCUT2D eigenvalue weighted by atomic mass is 10.2. The van der Waals surface area contributed by atoms with Crippen LogP contribution in [0.1, 0.15) is 49.8 Å². The van der Waals surface area contributed by atoms with Crippen molar-refractivity contribution >= 4 is 11.8 Å². The van der Waals surface area contributed by atoms with Crippen LogP contribution in [0.3, 0.4) is 0 Å². The van der Waals surface area contributed by atoms with Gasteiger partial charge in [-0.25, -0.2) is 4.98 Å². The summed E-state index contributed by atoms with van der Waals surface area (Å²) in [7, 11) is 0. The molecule has 2 atom stereocenters. The summed E-state index contributed by atoms with van der Waals surface area (Å²) >= 11 is 0. The molecule has 1 aliphatic heterocycles. The molecule has 25 heavy (non-hydrogen) atoms. The van der Waals surface area contributed by atoms with Gasteiger partial charge in [-0.3, -0.25) is 14.6 Å². The van der Waals surface area contributed by atoms with E-state index in [0.29, 0.717) is 38.3 Å². The van der Waals surface area contributed by atoms with E-state index in [1.807, 2.05) is 32.6 Å². The van der Waals surface area contributed by atoms with Crippen LogP contribution in [0.15, 0.2) is 12.4 Å². The maximum Gasteiger partial charge on any atom is 0.274 e. The number of carbonyl (C=O) groups excluding carboxylic acids is 2. The van der Waals surface area contributed by atoms with Crippen LogP contribution in [0.25, 0.3) is 0 Å². The van der Waals surface area contributed by atoms with E-state index < -0.39 is 0 Å². The molecule has 0 spiro atoms. The van der Waals surface area contributed by atoms with Crippen LogP contribution in [0.2, 0.25) is 0 Å². The van der Waals surface area contributed by atoms with Gasteiger partial charge in [0.2, 0.25) is 5.91 Å². The fourth-order valence-corrected chi connectivity index (χ4v) is 3.02. The second kappa shape index (κ2) is 8.89. The topological polar surface area (TPSA) is 75.6 Å². The smallest absolute Gasteiger partial charge is 0.274 e. The van der Waals surface area contributed by atoms with Gasteiger partial charge in [-0.2, -0.15) is 0 Å². The Balaban J connectivity index is 1.95. The average molecular weight is 348 g/mol. The number of morpholine rings is 1. The second-order valence-corrected chi connectivity index (χ2v) is 6.64. The van der Waals surface area contributed by atoms with E-state index in [2.05, 4.69) is 9.97 Å². The molecule has 1 saturated heterocycles. The lowest BCUT2D eigenvalue weighted by molar-refractivity contribution is -0.143. The molecular formula is C18H28N4O3. The molecule has 1 aromatic heterocycles. The highest BCUT2D eigenvalue weighted by molar-refractivity contribution is 5.92. The molecule has 7 heteroatoms. The summed E-state index contributed by atoms with van der Waals surface area (Å²) in [5.74, 6) is -0.114. The van der Waals surface area contributed by atoms with Crippen molar-refractivity contribution in [3.63, 3.8) is 0 Å². The summed E-state index contributed by atoms with van der Waals surface area (Å²) < 4.78 is 5.66. The van der Waals surface area contributed by atoms with Gasteiger partial charge in [0, 0.05) is 38.8 Å². The number of ether oxygens (including phenoxy) is 1. The van der Waals surface area contributed by atoms with E-state index in [9.17, 15) is 9.59 Å². The van der Waals surface area contributed by atoms with E-state index in [4.69, 9.17) is 4.74 Å². The molecule has 0 N–H and O–H groups in total. The number of rotatable bonds is 6. The third-order valence-electron chi connectivity index (χ3n) is 4.15. The minimum absolute atomic E-state index is 0.0453. The highest BCUT2D eigenvalue weighted by Crippen LogP contribution is 2.12. The van der Waals surface area contributed by atoms with Crippen molar-refractivity contribution in [2.75, 3.05) is 26.2 Å². The standard InChI is InChI=1S/C18H28N4O3/c1-5-7-21(18(24)16-10-19-13(2)9-20-16)8-6-17(23)22-11-14(3)25-15(4)12-22/h9-10,14-15H,5-8,11-12H2,1-4H3/t14-,15-/m0/s1. The van der Waals surface area contributed by atoms with Crippen LogP contribution in [0.4, 0.5) is 0 Å². The molecule has 0 radical (unpaired) electrons. The third kappa shape index (κ3) is 5.49. The molecule has 0 aromatic carbocycles. The monoisotopic (exact) mass is 348 g/mol. The third-order valence-corrected chi connectivity index (χ3v) is 4.15. The predicted molar refractivity (Wildman–Crippen MR) is 94.2 cm³/mol. The van der Waals surface area contributed by atoms with Crippen LogP contribution in [-0.2, 0) is 9.53 Å². The van der Waals surface area contributed by atoms with Crippen molar-refractivity contribution in [1.29, 1.82) is 0 Å². The van der Waals surface area contributed by atoms with Gasteiger partial charge in [0.1, 0.15) is 5.69 Å². The Morgan fingerprint density at radius 3 is 2.44 bits per heavy atom. The molecule has 1 fully saturated rings. The molecule has 2 rings (SSSR count). The molecule has 2 heterocycles. The van der Waals surface area contributed by atoms with Crippen LogP contribution in [0, 0.1) is 6.92 Å². The van der Waals surface area contributed by atoms with Gasteiger partial charge in [0.15, 0.2) is 0 Å². The number of aromatic nitrogens is 2. The summed E-state index contributed by atoms with van der Waals surface area (Å²) in [4.78, 5) is 36.9. The van der Waals surface area contributed by atoms with Crippen molar-refractivity contribution in [2.24, 2.45) is 0 Å². The maximum absolute atomic E-state index is 12.6. The van der Waals surface area contributed by atoms with Crippen LogP contribution in [0.5, 0.6) is 0 Å². The van der Waals surface area contributed by atoms with Crippen molar-refractivity contribution in [2.45, 2.75) is 52.7 Å². The van der Waals surface area contributed by atoms with Gasteiger partial charge in [-0.1, -0.05) is 6.92 Å². The van der Waals surface area contributed by atoms with Gasteiger partial charge in [0.05, 0.1) is 24.1 Å².